The second kappa shape index (κ2) is 9.68. The number of nitrogens with two attached hydrogens (primary N) is 1. The fourth-order valence-electron chi connectivity index (χ4n) is 4.13. The average Bonchev–Trinajstić information content (AvgIpc) is 3.30. The Balaban J connectivity index is 1.43. The van der Waals surface area contributed by atoms with Crippen LogP contribution in [0.2, 0.25) is 0 Å². The Kier molecular flexibility index (Phi) is 6.41. The van der Waals surface area contributed by atoms with Gasteiger partial charge in [0.25, 0.3) is 0 Å². The van der Waals surface area contributed by atoms with Crippen LogP contribution in [0.4, 0.5) is 22.0 Å². The fourth-order valence-corrected chi connectivity index (χ4v) is 5.92. The summed E-state index contributed by atoms with van der Waals surface area (Å²) in [4.78, 5) is 17.1. The zero-order valence-electron chi connectivity index (χ0n) is 20.1. The van der Waals surface area contributed by atoms with Gasteiger partial charge in [0.05, 0.1) is 4.90 Å². The van der Waals surface area contributed by atoms with Crippen LogP contribution in [0.15, 0.2) is 89.3 Å². The van der Waals surface area contributed by atoms with Gasteiger partial charge in [-0.2, -0.15) is 0 Å². The molecule has 3 aromatic carbocycles. The van der Waals surface area contributed by atoms with E-state index in [1.165, 1.54) is 17.6 Å². The van der Waals surface area contributed by atoms with Crippen molar-refractivity contribution in [3.63, 3.8) is 0 Å². The van der Waals surface area contributed by atoms with Gasteiger partial charge < -0.3 is 16.4 Å². The first-order valence-corrected chi connectivity index (χ1v) is 14.2. The van der Waals surface area contributed by atoms with Crippen molar-refractivity contribution in [3.8, 4) is 22.3 Å². The number of thiophene rings is 1. The van der Waals surface area contributed by atoms with Crippen molar-refractivity contribution in [3.05, 3.63) is 89.9 Å². The highest BCUT2D eigenvalue weighted by Gasteiger charge is 2.17. The van der Waals surface area contributed by atoms with Gasteiger partial charge in [-0.15, -0.1) is 11.3 Å². The molecule has 9 heteroatoms. The van der Waals surface area contributed by atoms with Crippen LogP contribution in [0.5, 0.6) is 0 Å². The maximum Gasteiger partial charge on any atom is 0.323 e. The number of aryl methyl sites for hydroxylation is 1. The van der Waals surface area contributed by atoms with Crippen LogP contribution in [-0.4, -0.2) is 25.7 Å². The molecule has 0 fully saturated rings. The highest BCUT2D eigenvalue weighted by Crippen LogP contribution is 2.42. The molecule has 0 bridgehead atoms. The molecule has 0 aliphatic rings. The molecule has 0 aliphatic carbocycles. The number of sulfone groups is 1. The number of amides is 2. The highest BCUT2D eigenvalue weighted by molar-refractivity contribution is 7.90. The molecular weight excluding hydrogens is 504 g/mol. The first kappa shape index (κ1) is 24.5. The van der Waals surface area contributed by atoms with Crippen LogP contribution in [0, 0.1) is 6.92 Å². The van der Waals surface area contributed by atoms with Crippen LogP contribution in [0.25, 0.3) is 32.3 Å². The number of pyridine rings is 1. The Morgan fingerprint density at radius 3 is 2.35 bits per heavy atom. The van der Waals surface area contributed by atoms with Crippen molar-refractivity contribution in [1.29, 1.82) is 0 Å². The van der Waals surface area contributed by atoms with Gasteiger partial charge in [0.1, 0.15) is 5.82 Å². The smallest absolute Gasteiger partial charge is 0.323 e. The number of carbonyl (C=O) groups excluding carboxylic acids is 1. The minimum Gasteiger partial charge on any atom is -0.383 e. The van der Waals surface area contributed by atoms with Crippen molar-refractivity contribution >= 4 is 54.5 Å². The van der Waals surface area contributed by atoms with Crippen LogP contribution in [-0.2, 0) is 9.84 Å². The van der Waals surface area contributed by atoms with Crippen LogP contribution in [0.3, 0.4) is 0 Å². The van der Waals surface area contributed by atoms with Gasteiger partial charge in [-0.25, -0.2) is 18.2 Å². The van der Waals surface area contributed by atoms with E-state index in [1.54, 1.807) is 24.4 Å². The number of aromatic nitrogens is 1. The molecule has 37 heavy (non-hydrogen) atoms. The molecule has 0 spiro atoms. The number of nitrogen functional groups attached to an aromatic ring is 1. The van der Waals surface area contributed by atoms with Gasteiger partial charge in [0.15, 0.2) is 9.84 Å². The van der Waals surface area contributed by atoms with E-state index < -0.39 is 9.84 Å². The molecule has 0 radical (unpaired) electrons. The minimum absolute atomic E-state index is 0.251. The lowest BCUT2D eigenvalue weighted by Gasteiger charge is -2.10. The number of carbonyl (C=O) groups is 1. The van der Waals surface area contributed by atoms with E-state index in [0.717, 1.165) is 43.6 Å². The molecular formula is C28H24N4O3S2. The lowest BCUT2D eigenvalue weighted by molar-refractivity contribution is 0.262. The Hall–Kier alpha value is -4.21. The van der Waals surface area contributed by atoms with Gasteiger partial charge in [0.2, 0.25) is 0 Å². The number of urea groups is 1. The summed E-state index contributed by atoms with van der Waals surface area (Å²) in [6.07, 6.45) is 2.87. The second-order valence-corrected chi connectivity index (χ2v) is 11.6. The number of anilines is 3. The van der Waals surface area contributed by atoms with Crippen LogP contribution in [0.1, 0.15) is 5.56 Å². The van der Waals surface area contributed by atoms with E-state index in [4.69, 9.17) is 5.73 Å². The molecule has 2 heterocycles. The Labute approximate surface area is 218 Å². The molecule has 5 aromatic rings. The third-order valence-corrected chi connectivity index (χ3v) is 8.05. The molecule has 4 N–H and O–H groups in total. The monoisotopic (exact) mass is 528 g/mol. The summed E-state index contributed by atoms with van der Waals surface area (Å²) in [5.41, 5.74) is 12.1. The van der Waals surface area contributed by atoms with Gasteiger partial charge in [-0.3, -0.25) is 0 Å². The molecule has 186 valence electrons. The molecule has 0 atom stereocenters. The van der Waals surface area contributed by atoms with Crippen molar-refractivity contribution < 1.29 is 13.2 Å². The standard InChI is InChI=1S/C28H24N4O3S2/c1-17-5-3-7-21(13-17)32-28(33)31-20-11-9-18(10-12-20)24-16-36-26-23(15-30-27(29)25(24)26)19-6-4-8-22(14-19)37(2,34)35/h3-16H,1-2H3,(H2,29,30)(H2,31,32,33). The predicted octanol–water partition coefficient (Wildman–Crippen LogP) is 6.57. The van der Waals surface area contributed by atoms with Gasteiger partial charge in [-0.05, 0) is 65.4 Å². The Morgan fingerprint density at radius 2 is 1.62 bits per heavy atom. The molecule has 0 unspecified atom stereocenters. The van der Waals surface area contributed by atoms with Gasteiger partial charge in [0, 0.05) is 45.0 Å². The number of nitrogens with zero attached hydrogens (tertiary/aromatic N) is 1. The summed E-state index contributed by atoms with van der Waals surface area (Å²) in [6.45, 7) is 1.97. The maximum absolute atomic E-state index is 12.4. The normalized spacial score (nSPS) is 11.4. The summed E-state index contributed by atoms with van der Waals surface area (Å²) in [5, 5.41) is 8.50. The van der Waals surface area contributed by atoms with Gasteiger partial charge >= 0.3 is 6.03 Å². The SMILES string of the molecule is Cc1cccc(NC(=O)Nc2ccc(-c3csc4c(-c5cccc(S(C)(=O)=O)c5)cnc(N)c34)cc2)c1. The largest absolute Gasteiger partial charge is 0.383 e. The van der Waals surface area contributed by atoms with E-state index in [1.807, 2.05) is 66.9 Å². The third kappa shape index (κ3) is 5.18. The van der Waals surface area contributed by atoms with Crippen molar-refractivity contribution in [2.45, 2.75) is 11.8 Å². The fraction of sp³-hybridized carbons (Fsp3) is 0.0714. The topological polar surface area (TPSA) is 114 Å². The molecule has 0 aliphatic heterocycles. The van der Waals surface area contributed by atoms with E-state index in [9.17, 15) is 13.2 Å². The lowest BCUT2D eigenvalue weighted by atomic mass is 10.0. The van der Waals surface area contributed by atoms with E-state index in [-0.39, 0.29) is 10.9 Å². The molecule has 2 amide bonds. The molecule has 0 saturated heterocycles. The third-order valence-electron chi connectivity index (χ3n) is 5.93. The Bertz CT molecular complexity index is 1740. The molecule has 2 aromatic heterocycles. The number of hydrogen-bond acceptors (Lipinski definition) is 6. The number of hydrogen-bond donors (Lipinski definition) is 3. The lowest BCUT2D eigenvalue weighted by Crippen LogP contribution is -2.19. The first-order chi connectivity index (χ1) is 17.7. The summed E-state index contributed by atoms with van der Waals surface area (Å²) < 4.78 is 25.0. The average molecular weight is 529 g/mol. The zero-order chi connectivity index (χ0) is 26.2. The first-order valence-electron chi connectivity index (χ1n) is 11.4. The van der Waals surface area contributed by atoms with Gasteiger partial charge in [-0.1, -0.05) is 36.4 Å². The number of fused-ring (bicyclic) bond motifs is 1. The summed E-state index contributed by atoms with van der Waals surface area (Å²) in [6, 6.07) is 21.6. The zero-order valence-corrected chi connectivity index (χ0v) is 21.8. The van der Waals surface area contributed by atoms with Crippen molar-refractivity contribution in [1.82, 2.24) is 4.98 Å². The molecule has 0 saturated carbocycles. The number of rotatable bonds is 5. The number of benzene rings is 3. The van der Waals surface area contributed by atoms with E-state index in [0.29, 0.717) is 11.5 Å². The quantitative estimate of drug-likeness (QED) is 0.239. The van der Waals surface area contributed by atoms with E-state index in [2.05, 4.69) is 15.6 Å². The van der Waals surface area contributed by atoms with Crippen molar-refractivity contribution in [2.75, 3.05) is 22.6 Å². The van der Waals surface area contributed by atoms with Crippen LogP contribution >= 0.6 is 11.3 Å². The molecule has 5 rings (SSSR count). The highest BCUT2D eigenvalue weighted by atomic mass is 32.2. The summed E-state index contributed by atoms with van der Waals surface area (Å²) >= 11 is 1.53. The summed E-state index contributed by atoms with van der Waals surface area (Å²) in [5.74, 6) is 0.397. The van der Waals surface area contributed by atoms with E-state index >= 15 is 0 Å². The Morgan fingerprint density at radius 1 is 0.892 bits per heavy atom. The molecule has 7 nitrogen and oxygen atoms in total. The predicted molar refractivity (Wildman–Crippen MR) is 152 cm³/mol. The van der Waals surface area contributed by atoms with Crippen molar-refractivity contribution in [2.24, 2.45) is 0 Å². The summed E-state index contributed by atoms with van der Waals surface area (Å²) in [7, 11) is -3.34. The van der Waals surface area contributed by atoms with Crippen LogP contribution < -0.4 is 16.4 Å². The maximum atomic E-state index is 12.4. The minimum atomic E-state index is -3.34. The number of nitrogens with one attached hydrogen (secondary N) is 2. The second-order valence-electron chi connectivity index (χ2n) is 8.74.